The molecule has 23 heavy (non-hydrogen) atoms. The molecule has 2 aliphatic carbocycles. The van der Waals surface area contributed by atoms with Crippen molar-refractivity contribution in [3.63, 3.8) is 0 Å². The van der Waals surface area contributed by atoms with Gasteiger partial charge in [0, 0.05) is 12.1 Å². The van der Waals surface area contributed by atoms with E-state index >= 15 is 0 Å². The topological polar surface area (TPSA) is 12.5 Å². The lowest BCUT2D eigenvalue weighted by atomic mass is 9.89. The van der Waals surface area contributed by atoms with Crippen LogP contribution in [0, 0.1) is 0 Å². The van der Waals surface area contributed by atoms with Gasteiger partial charge >= 0.3 is 0 Å². The Morgan fingerprint density at radius 1 is 0.522 bits per heavy atom. The third-order valence-corrected chi connectivity index (χ3v) is 6.81. The van der Waals surface area contributed by atoms with E-state index in [1.165, 1.54) is 103 Å². The Hall–Kier alpha value is -0.0800. The molecule has 0 amide bonds. The van der Waals surface area contributed by atoms with E-state index in [4.69, 9.17) is 4.74 Å². The van der Waals surface area contributed by atoms with E-state index in [0.29, 0.717) is 12.2 Å². The minimum Gasteiger partial charge on any atom is -0.375 e. The average molecular weight is 322 g/mol. The maximum absolute atomic E-state index is 6.68. The van der Waals surface area contributed by atoms with E-state index in [-0.39, 0.29) is 0 Å². The Labute approximate surface area is 144 Å². The Morgan fingerprint density at radius 3 is 1.43 bits per heavy atom. The van der Waals surface area contributed by atoms with Gasteiger partial charge in [-0.15, -0.1) is 0 Å². The summed E-state index contributed by atoms with van der Waals surface area (Å²) in [6.45, 7) is 0. The average Bonchev–Trinajstić information content (AvgIpc) is 2.58. The monoisotopic (exact) mass is 321 g/mol. The highest BCUT2D eigenvalue weighted by atomic mass is 16.5. The molecular formula is C21H39NO. The molecule has 1 saturated heterocycles. The Kier molecular flexibility index (Phi) is 7.26. The SMILES string of the molecule is CN1C2CCCCCCC(CC2)OC2CCCCCCC1CC2. The number of hydrogen-bond acceptors (Lipinski definition) is 2. The van der Waals surface area contributed by atoms with Gasteiger partial charge in [-0.3, -0.25) is 0 Å². The summed E-state index contributed by atoms with van der Waals surface area (Å²) in [5.74, 6) is 0. The standard InChI is InChI=1S/C21H39NO/c1-22-18-10-6-2-4-8-12-20(16-14-18)23-21-13-9-5-3-7-11-19(22)15-17-21/h18-21H,2-17H2,1H3. The summed E-state index contributed by atoms with van der Waals surface area (Å²) in [7, 11) is 2.44. The fourth-order valence-electron chi connectivity index (χ4n) is 5.20. The zero-order valence-corrected chi connectivity index (χ0v) is 15.5. The maximum Gasteiger partial charge on any atom is 0.0579 e. The molecule has 4 atom stereocenters. The van der Waals surface area contributed by atoms with Gasteiger partial charge in [-0.25, -0.2) is 0 Å². The minimum absolute atomic E-state index is 0.550. The van der Waals surface area contributed by atoms with Crippen LogP contribution >= 0.6 is 0 Å². The number of nitrogens with zero attached hydrogens (tertiary/aromatic N) is 1. The molecule has 3 aliphatic rings. The fraction of sp³-hybridized carbons (Fsp3) is 1.00. The second kappa shape index (κ2) is 9.42. The minimum atomic E-state index is 0.550. The molecule has 0 aromatic heterocycles. The Balaban J connectivity index is 1.75. The molecule has 4 bridgehead atoms. The molecule has 134 valence electrons. The van der Waals surface area contributed by atoms with Crippen LogP contribution in [0.2, 0.25) is 0 Å². The van der Waals surface area contributed by atoms with Crippen molar-refractivity contribution in [1.29, 1.82) is 0 Å². The van der Waals surface area contributed by atoms with Crippen LogP contribution in [0.15, 0.2) is 0 Å². The lowest BCUT2D eigenvalue weighted by molar-refractivity contribution is -0.0477. The van der Waals surface area contributed by atoms with Crippen molar-refractivity contribution >= 4 is 0 Å². The van der Waals surface area contributed by atoms with Crippen molar-refractivity contribution < 1.29 is 4.74 Å². The molecular weight excluding hydrogens is 282 g/mol. The van der Waals surface area contributed by atoms with Gasteiger partial charge in [0.05, 0.1) is 12.2 Å². The first kappa shape index (κ1) is 17.7. The second-order valence-electron chi connectivity index (χ2n) is 8.49. The number of fused-ring (bicyclic) bond motifs is 6. The largest absolute Gasteiger partial charge is 0.375 e. The van der Waals surface area contributed by atoms with Crippen LogP contribution in [0.1, 0.15) is 103 Å². The smallest absolute Gasteiger partial charge is 0.0579 e. The summed E-state index contributed by atoms with van der Waals surface area (Å²) in [6, 6.07) is 1.62. The van der Waals surface area contributed by atoms with Crippen LogP contribution in [-0.2, 0) is 4.74 Å². The Bertz CT molecular complexity index is 302. The normalized spacial score (nSPS) is 39.0. The van der Waals surface area contributed by atoms with Crippen LogP contribution < -0.4 is 0 Å². The quantitative estimate of drug-likeness (QED) is 0.568. The van der Waals surface area contributed by atoms with Crippen molar-refractivity contribution in [2.45, 2.75) is 127 Å². The van der Waals surface area contributed by atoms with Crippen molar-refractivity contribution in [2.24, 2.45) is 0 Å². The molecule has 2 heteroatoms. The van der Waals surface area contributed by atoms with E-state index in [1.807, 2.05) is 0 Å². The lowest BCUT2D eigenvalue weighted by Gasteiger charge is -2.40. The van der Waals surface area contributed by atoms with Crippen LogP contribution in [0.4, 0.5) is 0 Å². The van der Waals surface area contributed by atoms with Crippen LogP contribution in [-0.4, -0.2) is 36.2 Å². The molecule has 0 aromatic rings. The van der Waals surface area contributed by atoms with Crippen LogP contribution in [0.25, 0.3) is 0 Å². The third kappa shape index (κ3) is 5.46. The molecule has 1 heterocycles. The summed E-state index contributed by atoms with van der Waals surface area (Å²) in [4.78, 5) is 2.81. The summed E-state index contributed by atoms with van der Waals surface area (Å²) in [5.41, 5.74) is 0. The van der Waals surface area contributed by atoms with Crippen LogP contribution in [0.3, 0.4) is 0 Å². The van der Waals surface area contributed by atoms with E-state index in [9.17, 15) is 0 Å². The van der Waals surface area contributed by atoms with Gasteiger partial charge < -0.3 is 9.64 Å². The van der Waals surface area contributed by atoms with Gasteiger partial charge in [0.15, 0.2) is 0 Å². The molecule has 3 fully saturated rings. The second-order valence-corrected chi connectivity index (χ2v) is 8.49. The Morgan fingerprint density at radius 2 is 0.957 bits per heavy atom. The van der Waals surface area contributed by atoms with E-state index in [1.54, 1.807) is 0 Å². The van der Waals surface area contributed by atoms with Crippen molar-refractivity contribution in [2.75, 3.05) is 7.05 Å². The van der Waals surface area contributed by atoms with Gasteiger partial charge in [0.2, 0.25) is 0 Å². The highest BCUT2D eigenvalue weighted by Gasteiger charge is 2.28. The van der Waals surface area contributed by atoms with Gasteiger partial charge in [-0.1, -0.05) is 51.4 Å². The molecule has 1 aliphatic heterocycles. The first-order valence-corrected chi connectivity index (χ1v) is 10.7. The molecule has 0 spiro atoms. The fourth-order valence-corrected chi connectivity index (χ4v) is 5.20. The number of ether oxygens (including phenoxy) is 1. The summed E-state index contributed by atoms with van der Waals surface area (Å²) in [6.07, 6.45) is 23.3. The van der Waals surface area contributed by atoms with Gasteiger partial charge in [-0.05, 0) is 58.4 Å². The van der Waals surface area contributed by atoms with Crippen molar-refractivity contribution in [3.8, 4) is 0 Å². The molecule has 2 saturated carbocycles. The predicted molar refractivity (Wildman–Crippen MR) is 97.9 cm³/mol. The van der Waals surface area contributed by atoms with Crippen molar-refractivity contribution in [1.82, 2.24) is 4.90 Å². The lowest BCUT2D eigenvalue weighted by Crippen LogP contribution is -2.43. The first-order chi connectivity index (χ1) is 11.3. The highest BCUT2D eigenvalue weighted by Crippen LogP contribution is 2.31. The zero-order valence-electron chi connectivity index (χ0n) is 15.5. The first-order valence-electron chi connectivity index (χ1n) is 10.7. The molecule has 0 N–H and O–H groups in total. The third-order valence-electron chi connectivity index (χ3n) is 6.81. The zero-order chi connectivity index (χ0) is 15.9. The molecule has 4 unspecified atom stereocenters. The summed E-state index contributed by atoms with van der Waals surface area (Å²) in [5, 5.41) is 0. The van der Waals surface area contributed by atoms with Gasteiger partial charge in [0.1, 0.15) is 0 Å². The van der Waals surface area contributed by atoms with Crippen LogP contribution in [0.5, 0.6) is 0 Å². The molecule has 3 rings (SSSR count). The van der Waals surface area contributed by atoms with Crippen molar-refractivity contribution in [3.05, 3.63) is 0 Å². The highest BCUT2D eigenvalue weighted by molar-refractivity contribution is 4.82. The maximum atomic E-state index is 6.68. The molecule has 2 nitrogen and oxygen atoms in total. The van der Waals surface area contributed by atoms with E-state index < -0.39 is 0 Å². The number of rotatable bonds is 0. The summed E-state index contributed by atoms with van der Waals surface area (Å²) >= 11 is 0. The van der Waals surface area contributed by atoms with Gasteiger partial charge in [0.25, 0.3) is 0 Å². The summed E-state index contributed by atoms with van der Waals surface area (Å²) < 4.78 is 6.68. The molecule has 0 radical (unpaired) electrons. The van der Waals surface area contributed by atoms with E-state index in [2.05, 4.69) is 11.9 Å². The van der Waals surface area contributed by atoms with Gasteiger partial charge in [-0.2, -0.15) is 0 Å². The molecule has 0 aromatic carbocycles. The number of hydrogen-bond donors (Lipinski definition) is 0. The van der Waals surface area contributed by atoms with E-state index in [0.717, 1.165) is 12.1 Å². The predicted octanol–water partition coefficient (Wildman–Crippen LogP) is 5.69.